The topological polar surface area (TPSA) is 92.5 Å². The Morgan fingerprint density at radius 3 is 2.60 bits per heavy atom. The van der Waals surface area contributed by atoms with Crippen LogP contribution in [0, 0.1) is 17.8 Å². The summed E-state index contributed by atoms with van der Waals surface area (Å²) in [4.78, 5) is 14.3. The molecule has 0 spiro atoms. The summed E-state index contributed by atoms with van der Waals surface area (Å²) in [6.07, 6.45) is 3.01. The third kappa shape index (κ3) is 5.38. The Bertz CT molecular complexity index is 423. The van der Waals surface area contributed by atoms with Gasteiger partial charge in [0.1, 0.15) is 0 Å². The van der Waals surface area contributed by atoms with Crippen LogP contribution >= 0.6 is 0 Å². The number of nitrogens with zero attached hydrogens (tertiary/aromatic N) is 1. The van der Waals surface area contributed by atoms with Crippen molar-refractivity contribution in [1.82, 2.24) is 9.62 Å². The van der Waals surface area contributed by atoms with E-state index in [-0.39, 0.29) is 23.7 Å². The quantitative estimate of drug-likeness (QED) is 0.723. The molecule has 1 saturated heterocycles. The maximum atomic E-state index is 12.4. The van der Waals surface area contributed by atoms with Gasteiger partial charge < -0.3 is 10.6 Å². The molecule has 6 nitrogen and oxygen atoms in total. The number of nitrogens with one attached hydrogen (secondary N) is 1. The Hall–Kier alpha value is -0.660. The smallest absolute Gasteiger partial charge is 0.227 e. The molecule has 3 N–H and O–H groups in total. The van der Waals surface area contributed by atoms with Crippen LogP contribution in [0.5, 0.6) is 0 Å². The minimum atomic E-state index is -3.17. The van der Waals surface area contributed by atoms with Crippen LogP contribution in [0.2, 0.25) is 0 Å². The van der Waals surface area contributed by atoms with E-state index in [9.17, 15) is 13.2 Å². The molecule has 0 bridgehead atoms. The van der Waals surface area contributed by atoms with E-state index in [0.29, 0.717) is 19.6 Å². The zero-order valence-corrected chi connectivity index (χ0v) is 13.4. The van der Waals surface area contributed by atoms with Crippen molar-refractivity contribution >= 4 is 15.9 Å². The number of nitrogens with two attached hydrogens (primary N) is 1. The van der Waals surface area contributed by atoms with Crippen molar-refractivity contribution in [1.29, 1.82) is 0 Å². The van der Waals surface area contributed by atoms with Crippen LogP contribution < -0.4 is 10.5 Å². The number of carbonyl (C=O) groups excluding carboxylic acids is 1. The molecular weight excluding hydrogens is 278 g/mol. The average Bonchev–Trinajstić information content (AvgIpc) is 2.36. The minimum Gasteiger partial charge on any atom is -0.342 e. The Morgan fingerprint density at radius 1 is 1.45 bits per heavy atom. The fraction of sp³-hybridized carbons (Fsp3) is 0.923. The molecule has 0 saturated carbocycles. The third-order valence-electron chi connectivity index (χ3n) is 3.84. The molecule has 1 amide bonds. The maximum Gasteiger partial charge on any atom is 0.227 e. The number of amides is 1. The highest BCUT2D eigenvalue weighted by Gasteiger charge is 2.29. The lowest BCUT2D eigenvalue weighted by atomic mass is 9.91. The minimum absolute atomic E-state index is 0.103. The average molecular weight is 305 g/mol. The van der Waals surface area contributed by atoms with Crippen LogP contribution in [0.1, 0.15) is 26.7 Å². The summed E-state index contributed by atoms with van der Waals surface area (Å²) >= 11 is 0. The lowest BCUT2D eigenvalue weighted by Gasteiger charge is -2.35. The molecule has 0 aromatic heterocycles. The van der Waals surface area contributed by atoms with Gasteiger partial charge in [0.15, 0.2) is 0 Å². The predicted molar refractivity (Wildman–Crippen MR) is 79.5 cm³/mol. The molecule has 1 rings (SSSR count). The number of likely N-dealkylation sites (tertiary alicyclic amines) is 1. The molecule has 7 heteroatoms. The van der Waals surface area contributed by atoms with E-state index in [1.165, 1.54) is 0 Å². The van der Waals surface area contributed by atoms with Gasteiger partial charge in [-0.05, 0) is 24.7 Å². The van der Waals surface area contributed by atoms with Crippen LogP contribution in [0.25, 0.3) is 0 Å². The van der Waals surface area contributed by atoms with Gasteiger partial charge in [-0.3, -0.25) is 4.79 Å². The molecule has 1 heterocycles. The van der Waals surface area contributed by atoms with Crippen LogP contribution in [0.4, 0.5) is 0 Å². The van der Waals surface area contributed by atoms with Gasteiger partial charge in [-0.2, -0.15) is 0 Å². The molecule has 1 aliphatic heterocycles. The van der Waals surface area contributed by atoms with Gasteiger partial charge in [0.05, 0.1) is 12.2 Å². The molecule has 118 valence electrons. The SMILES string of the molecule is CC(C)C(CN)C(=O)N1CCCC(CNS(C)(=O)=O)C1. The molecule has 2 unspecified atom stereocenters. The lowest BCUT2D eigenvalue weighted by molar-refractivity contribution is -0.138. The van der Waals surface area contributed by atoms with E-state index < -0.39 is 10.0 Å². The molecule has 20 heavy (non-hydrogen) atoms. The summed E-state index contributed by atoms with van der Waals surface area (Å²) in [6.45, 7) is 6.13. The van der Waals surface area contributed by atoms with Crippen LogP contribution in [-0.2, 0) is 14.8 Å². The summed E-state index contributed by atoms with van der Waals surface area (Å²) in [5, 5.41) is 0. The molecule has 0 aromatic carbocycles. The van der Waals surface area contributed by atoms with Crippen molar-refractivity contribution in [2.45, 2.75) is 26.7 Å². The van der Waals surface area contributed by atoms with E-state index in [4.69, 9.17) is 5.73 Å². The number of rotatable bonds is 6. The first kappa shape index (κ1) is 17.4. The predicted octanol–water partition coefficient (Wildman–Crippen LogP) is 0.00510. The highest BCUT2D eigenvalue weighted by Crippen LogP contribution is 2.20. The van der Waals surface area contributed by atoms with Crippen molar-refractivity contribution < 1.29 is 13.2 Å². The van der Waals surface area contributed by atoms with Crippen LogP contribution in [-0.4, -0.2) is 51.7 Å². The molecule has 1 fully saturated rings. The van der Waals surface area contributed by atoms with Gasteiger partial charge in [0.2, 0.25) is 15.9 Å². The van der Waals surface area contributed by atoms with Gasteiger partial charge in [-0.15, -0.1) is 0 Å². The highest BCUT2D eigenvalue weighted by molar-refractivity contribution is 7.88. The molecule has 1 aliphatic rings. The van der Waals surface area contributed by atoms with E-state index in [1.54, 1.807) is 0 Å². The molecule has 0 aromatic rings. The first-order valence-electron chi connectivity index (χ1n) is 7.18. The first-order valence-corrected chi connectivity index (χ1v) is 9.07. The first-order chi connectivity index (χ1) is 9.24. The van der Waals surface area contributed by atoms with Crippen molar-refractivity contribution in [3.8, 4) is 0 Å². The number of sulfonamides is 1. The Morgan fingerprint density at radius 2 is 2.10 bits per heavy atom. The van der Waals surface area contributed by atoms with Crippen LogP contribution in [0.15, 0.2) is 0 Å². The molecule has 0 aliphatic carbocycles. The van der Waals surface area contributed by atoms with Crippen molar-refractivity contribution in [3.05, 3.63) is 0 Å². The standard InChI is InChI=1S/C13H27N3O3S/c1-10(2)12(7-14)13(17)16-6-4-5-11(9-16)8-15-20(3,18)19/h10-12,15H,4-9,14H2,1-3H3. The summed E-state index contributed by atoms with van der Waals surface area (Å²) < 4.78 is 24.8. The lowest BCUT2D eigenvalue weighted by Crippen LogP contribution is -2.48. The molecular formula is C13H27N3O3S. The monoisotopic (exact) mass is 305 g/mol. The number of piperidine rings is 1. The van der Waals surface area contributed by atoms with E-state index >= 15 is 0 Å². The second-order valence-electron chi connectivity index (χ2n) is 6.00. The Labute approximate surface area is 122 Å². The van der Waals surface area contributed by atoms with E-state index in [2.05, 4.69) is 4.72 Å². The fourth-order valence-corrected chi connectivity index (χ4v) is 3.13. The number of hydrogen-bond acceptors (Lipinski definition) is 4. The van der Waals surface area contributed by atoms with Crippen molar-refractivity contribution in [3.63, 3.8) is 0 Å². The summed E-state index contributed by atoms with van der Waals surface area (Å²) in [7, 11) is -3.17. The van der Waals surface area contributed by atoms with Crippen molar-refractivity contribution in [2.75, 3.05) is 32.4 Å². The van der Waals surface area contributed by atoms with Gasteiger partial charge >= 0.3 is 0 Å². The van der Waals surface area contributed by atoms with E-state index in [0.717, 1.165) is 25.6 Å². The van der Waals surface area contributed by atoms with Gasteiger partial charge in [0, 0.05) is 26.2 Å². The third-order valence-corrected chi connectivity index (χ3v) is 4.53. The van der Waals surface area contributed by atoms with E-state index in [1.807, 2.05) is 18.7 Å². The number of hydrogen-bond donors (Lipinski definition) is 2. The summed E-state index contributed by atoms with van der Waals surface area (Å²) in [5.41, 5.74) is 5.69. The summed E-state index contributed by atoms with van der Waals surface area (Å²) in [5.74, 6) is 0.373. The zero-order chi connectivity index (χ0) is 15.3. The van der Waals surface area contributed by atoms with Gasteiger partial charge in [-0.25, -0.2) is 13.1 Å². The number of carbonyl (C=O) groups is 1. The highest BCUT2D eigenvalue weighted by atomic mass is 32.2. The molecule has 2 atom stereocenters. The summed E-state index contributed by atoms with van der Waals surface area (Å²) in [6, 6.07) is 0. The van der Waals surface area contributed by atoms with Gasteiger partial charge in [0.25, 0.3) is 0 Å². The normalized spacial score (nSPS) is 22.1. The fourth-order valence-electron chi connectivity index (χ4n) is 2.59. The second kappa shape index (κ2) is 7.38. The molecule has 0 radical (unpaired) electrons. The van der Waals surface area contributed by atoms with Crippen molar-refractivity contribution in [2.24, 2.45) is 23.5 Å². The maximum absolute atomic E-state index is 12.4. The zero-order valence-electron chi connectivity index (χ0n) is 12.6. The van der Waals surface area contributed by atoms with Gasteiger partial charge in [-0.1, -0.05) is 13.8 Å². The largest absolute Gasteiger partial charge is 0.342 e. The Balaban J connectivity index is 2.58. The Kier molecular flexibility index (Phi) is 6.42. The van der Waals surface area contributed by atoms with Crippen LogP contribution in [0.3, 0.4) is 0 Å². The second-order valence-corrected chi connectivity index (χ2v) is 7.83.